The first-order valence-corrected chi connectivity index (χ1v) is 7.13. The Hall–Kier alpha value is -2.79. The van der Waals surface area contributed by atoms with Gasteiger partial charge in [0.05, 0.1) is 16.9 Å². The minimum absolute atomic E-state index is 0.262. The van der Waals surface area contributed by atoms with Crippen molar-refractivity contribution in [2.24, 2.45) is 0 Å². The molecule has 0 saturated heterocycles. The van der Waals surface area contributed by atoms with Crippen molar-refractivity contribution in [2.45, 2.75) is 13.3 Å². The maximum Gasteiger partial charge on any atom is 0.335 e. The summed E-state index contributed by atoms with van der Waals surface area (Å²) in [7, 11) is 0. The maximum absolute atomic E-state index is 11.0. The van der Waals surface area contributed by atoms with E-state index in [4.69, 9.17) is 5.11 Å². The average Bonchev–Trinajstić information content (AvgIpc) is 3.05. The number of nitrogens with one attached hydrogen (secondary N) is 1. The second-order valence-corrected chi connectivity index (χ2v) is 5.01. The van der Waals surface area contributed by atoms with Gasteiger partial charge in [0.2, 0.25) is 0 Å². The van der Waals surface area contributed by atoms with Gasteiger partial charge < -0.3 is 5.11 Å². The van der Waals surface area contributed by atoms with Crippen molar-refractivity contribution in [1.82, 2.24) is 5.53 Å². The lowest BCUT2D eigenvalue weighted by molar-refractivity contribution is 0.0697. The molecular weight excluding hydrogens is 278 g/mol. The lowest BCUT2D eigenvalue weighted by Crippen LogP contribution is -2.39. The van der Waals surface area contributed by atoms with Crippen LogP contribution < -0.4 is 15.6 Å². The quantitative estimate of drug-likeness (QED) is 0.907. The van der Waals surface area contributed by atoms with Crippen LogP contribution in [-0.2, 0) is 6.42 Å². The largest absolute Gasteiger partial charge is 0.478 e. The molecule has 2 aromatic carbocycles. The Balaban J connectivity index is 1.76. The lowest BCUT2D eigenvalue weighted by atomic mass is 10.1. The monoisotopic (exact) mass is 295 g/mol. The number of anilines is 2. The summed E-state index contributed by atoms with van der Waals surface area (Å²) < 4.78 is 0. The third-order valence-corrected chi connectivity index (χ3v) is 3.57. The van der Waals surface area contributed by atoms with E-state index >= 15 is 0 Å². The smallest absolute Gasteiger partial charge is 0.335 e. The predicted molar refractivity (Wildman–Crippen MR) is 86.5 cm³/mol. The van der Waals surface area contributed by atoms with Gasteiger partial charge in [0, 0.05) is 12.4 Å². The van der Waals surface area contributed by atoms with Gasteiger partial charge in [-0.15, -0.1) is 5.53 Å². The molecule has 112 valence electrons. The van der Waals surface area contributed by atoms with Gasteiger partial charge in [0.15, 0.2) is 0 Å². The summed E-state index contributed by atoms with van der Waals surface area (Å²) in [5.74, 6) is -0.933. The molecule has 0 bridgehead atoms. The Kier molecular flexibility index (Phi) is 3.80. The van der Waals surface area contributed by atoms with Gasteiger partial charge >= 0.3 is 5.97 Å². The molecule has 2 N–H and O–H groups in total. The zero-order chi connectivity index (χ0) is 15.5. The highest BCUT2D eigenvalue weighted by molar-refractivity contribution is 5.88. The summed E-state index contributed by atoms with van der Waals surface area (Å²) in [5, 5.41) is 12.7. The number of hydrazine groups is 2. The topological polar surface area (TPSA) is 55.8 Å². The van der Waals surface area contributed by atoms with Crippen molar-refractivity contribution in [3.63, 3.8) is 0 Å². The van der Waals surface area contributed by atoms with E-state index in [1.54, 1.807) is 23.2 Å². The molecule has 0 aromatic heterocycles. The number of carboxylic acid groups (broad SMARTS) is 1. The van der Waals surface area contributed by atoms with Crippen molar-refractivity contribution in [2.75, 3.05) is 10.0 Å². The zero-order valence-corrected chi connectivity index (χ0v) is 12.2. The van der Waals surface area contributed by atoms with Crippen LogP contribution in [0.3, 0.4) is 0 Å². The Morgan fingerprint density at radius 1 is 1.05 bits per heavy atom. The van der Waals surface area contributed by atoms with Crippen LogP contribution in [0, 0.1) is 0 Å². The predicted octanol–water partition coefficient (Wildman–Crippen LogP) is 3.16. The molecule has 0 saturated carbocycles. The highest BCUT2D eigenvalue weighted by atomic mass is 16.4. The van der Waals surface area contributed by atoms with Crippen LogP contribution >= 0.6 is 0 Å². The van der Waals surface area contributed by atoms with Gasteiger partial charge in [-0.3, -0.25) is 10.0 Å². The summed E-state index contributed by atoms with van der Waals surface area (Å²) in [4.78, 5) is 11.0. The van der Waals surface area contributed by atoms with E-state index in [0.29, 0.717) is 0 Å². The van der Waals surface area contributed by atoms with Crippen molar-refractivity contribution >= 4 is 17.3 Å². The van der Waals surface area contributed by atoms with Crippen LogP contribution in [0.4, 0.5) is 11.4 Å². The molecule has 0 fully saturated rings. The van der Waals surface area contributed by atoms with Crippen molar-refractivity contribution in [1.29, 1.82) is 0 Å². The van der Waals surface area contributed by atoms with E-state index in [0.717, 1.165) is 17.8 Å². The minimum atomic E-state index is -0.933. The number of hydrogen-bond acceptors (Lipinski definition) is 4. The second-order valence-electron chi connectivity index (χ2n) is 5.01. The molecule has 0 amide bonds. The zero-order valence-electron chi connectivity index (χ0n) is 12.2. The van der Waals surface area contributed by atoms with Crippen LogP contribution in [0.2, 0.25) is 0 Å². The van der Waals surface area contributed by atoms with Gasteiger partial charge in [-0.1, -0.05) is 25.1 Å². The number of carbonyl (C=O) groups is 1. The number of carboxylic acids is 1. The molecule has 0 unspecified atom stereocenters. The maximum atomic E-state index is 11.0. The van der Waals surface area contributed by atoms with E-state index in [1.807, 2.05) is 35.6 Å². The third-order valence-electron chi connectivity index (χ3n) is 3.57. The standard InChI is InChI=1S/C17H17N3O2/c1-2-13-6-8-15(9-7-13)19-10-11-20(18-19)16-5-3-4-14(12-16)17(21)22/h3-12,18H,2H2,1H3,(H,21,22). The Labute approximate surface area is 129 Å². The van der Waals surface area contributed by atoms with Gasteiger partial charge in [0.1, 0.15) is 0 Å². The second kappa shape index (κ2) is 5.91. The number of nitrogens with zero attached hydrogens (tertiary/aromatic N) is 2. The van der Waals surface area contributed by atoms with Gasteiger partial charge in [-0.25, -0.2) is 4.79 Å². The molecule has 0 spiro atoms. The number of rotatable bonds is 4. The first-order valence-electron chi connectivity index (χ1n) is 7.13. The molecule has 1 aliphatic heterocycles. The molecule has 5 heteroatoms. The van der Waals surface area contributed by atoms with E-state index in [-0.39, 0.29) is 5.56 Å². The molecule has 1 aliphatic rings. The fourth-order valence-corrected chi connectivity index (χ4v) is 2.28. The van der Waals surface area contributed by atoms with E-state index in [2.05, 4.69) is 24.6 Å². The lowest BCUT2D eigenvalue weighted by Gasteiger charge is -2.23. The third kappa shape index (κ3) is 2.80. The van der Waals surface area contributed by atoms with Crippen molar-refractivity contribution < 1.29 is 9.90 Å². The van der Waals surface area contributed by atoms with Gasteiger partial charge in [-0.05, 0) is 42.3 Å². The van der Waals surface area contributed by atoms with Gasteiger partial charge in [-0.2, -0.15) is 0 Å². The molecule has 0 atom stereocenters. The summed E-state index contributed by atoms with van der Waals surface area (Å²) in [6, 6.07) is 15.1. The van der Waals surface area contributed by atoms with Crippen LogP contribution in [0.1, 0.15) is 22.8 Å². The van der Waals surface area contributed by atoms with Crippen LogP contribution in [0.15, 0.2) is 60.9 Å². The summed E-state index contributed by atoms with van der Waals surface area (Å²) in [5.41, 5.74) is 6.53. The molecule has 0 radical (unpaired) electrons. The first-order chi connectivity index (χ1) is 10.7. The fraction of sp³-hybridized carbons (Fsp3) is 0.118. The summed E-state index contributed by atoms with van der Waals surface area (Å²) in [6.07, 6.45) is 4.76. The minimum Gasteiger partial charge on any atom is -0.478 e. The number of benzene rings is 2. The number of aryl methyl sites for hydroxylation is 1. The highest BCUT2D eigenvalue weighted by Gasteiger charge is 2.15. The molecular formula is C17H17N3O2. The van der Waals surface area contributed by atoms with Crippen molar-refractivity contribution in [3.8, 4) is 0 Å². The van der Waals surface area contributed by atoms with E-state index < -0.39 is 5.97 Å². The first kappa shape index (κ1) is 14.2. The normalized spacial score (nSPS) is 13.7. The Bertz CT molecular complexity index is 710. The Morgan fingerprint density at radius 3 is 2.36 bits per heavy atom. The molecule has 1 heterocycles. The summed E-state index contributed by atoms with van der Waals surface area (Å²) >= 11 is 0. The molecule has 0 aliphatic carbocycles. The Morgan fingerprint density at radius 2 is 1.73 bits per heavy atom. The fourth-order valence-electron chi connectivity index (χ4n) is 2.28. The number of aromatic carboxylic acids is 1. The van der Waals surface area contributed by atoms with Crippen molar-refractivity contribution in [3.05, 3.63) is 72.1 Å². The molecule has 3 rings (SSSR count). The molecule has 22 heavy (non-hydrogen) atoms. The van der Waals surface area contributed by atoms with Gasteiger partial charge in [0.25, 0.3) is 0 Å². The summed E-state index contributed by atoms with van der Waals surface area (Å²) in [6.45, 7) is 2.13. The van der Waals surface area contributed by atoms with Crippen LogP contribution in [0.5, 0.6) is 0 Å². The van der Waals surface area contributed by atoms with E-state index in [9.17, 15) is 4.79 Å². The highest BCUT2D eigenvalue weighted by Crippen LogP contribution is 2.22. The number of hydrogen-bond donors (Lipinski definition) is 2. The van der Waals surface area contributed by atoms with Crippen LogP contribution in [0.25, 0.3) is 0 Å². The SMILES string of the molecule is CCc1ccc(N2C=CN(c3cccc(C(=O)O)c3)N2)cc1. The van der Waals surface area contributed by atoms with E-state index in [1.165, 1.54) is 5.56 Å². The molecule has 5 nitrogen and oxygen atoms in total. The molecule has 2 aromatic rings. The van der Waals surface area contributed by atoms with Crippen LogP contribution in [-0.4, -0.2) is 11.1 Å². The average molecular weight is 295 g/mol.